The number of hydrogen-bond donors (Lipinski definition) is 0. The van der Waals surface area contributed by atoms with Gasteiger partial charge >= 0.3 is 5.69 Å². The molecular weight excluding hydrogens is 371 g/mol. The summed E-state index contributed by atoms with van der Waals surface area (Å²) in [6.07, 6.45) is 0. The Labute approximate surface area is 120 Å². The van der Waals surface area contributed by atoms with E-state index in [1.807, 2.05) is 0 Å². The van der Waals surface area contributed by atoms with Crippen LogP contribution in [0.3, 0.4) is 0 Å². The molecule has 2 aromatic rings. The van der Waals surface area contributed by atoms with Crippen LogP contribution in [-0.2, 0) is 0 Å². The Morgan fingerprint density at radius 1 is 1.16 bits per heavy atom. The van der Waals surface area contributed by atoms with Crippen molar-refractivity contribution >= 4 is 28.3 Å². The summed E-state index contributed by atoms with van der Waals surface area (Å²) >= 11 is 2.07. The zero-order valence-corrected chi connectivity index (χ0v) is 11.4. The van der Waals surface area contributed by atoms with Crippen molar-refractivity contribution in [2.45, 2.75) is 0 Å². The number of nitro benzene ring substituents is 1. The van der Waals surface area contributed by atoms with Crippen LogP contribution in [0.15, 0.2) is 36.4 Å². The maximum absolute atomic E-state index is 13.4. The molecule has 0 aliphatic carbocycles. The summed E-state index contributed by atoms with van der Waals surface area (Å²) in [4.78, 5) is 9.81. The lowest BCUT2D eigenvalue weighted by atomic mass is 10.2. The van der Waals surface area contributed by atoms with E-state index in [0.29, 0.717) is 6.07 Å². The Balaban J connectivity index is 2.44. The van der Waals surface area contributed by atoms with Crippen LogP contribution in [0.4, 0.5) is 14.5 Å². The quantitative estimate of drug-likeness (QED) is 0.456. The van der Waals surface area contributed by atoms with Crippen molar-refractivity contribution in [3.63, 3.8) is 0 Å². The van der Waals surface area contributed by atoms with Crippen molar-refractivity contribution in [1.82, 2.24) is 0 Å². The van der Waals surface area contributed by atoms with Crippen molar-refractivity contribution in [1.29, 1.82) is 0 Å². The predicted octanol–water partition coefficient (Wildman–Crippen LogP) is 4.27. The smallest absolute Gasteiger partial charge is 0.347 e. The molecule has 2 rings (SSSR count). The average molecular weight is 377 g/mol. The highest BCUT2D eigenvalue weighted by atomic mass is 127. The number of hydrogen-bond acceptors (Lipinski definition) is 3. The van der Waals surface area contributed by atoms with Crippen LogP contribution < -0.4 is 4.74 Å². The minimum absolute atomic E-state index is 0.258. The molecule has 0 amide bonds. The Bertz CT molecular complexity index is 632. The van der Waals surface area contributed by atoms with Gasteiger partial charge in [-0.2, -0.15) is 4.39 Å². The Morgan fingerprint density at radius 3 is 2.37 bits per heavy atom. The molecule has 98 valence electrons. The second kappa shape index (κ2) is 5.47. The summed E-state index contributed by atoms with van der Waals surface area (Å²) in [6.45, 7) is 0. The van der Waals surface area contributed by atoms with Gasteiger partial charge in [-0.15, -0.1) is 0 Å². The van der Waals surface area contributed by atoms with E-state index in [9.17, 15) is 18.9 Å². The first-order chi connectivity index (χ1) is 8.97. The van der Waals surface area contributed by atoms with E-state index in [4.69, 9.17) is 4.74 Å². The lowest BCUT2D eigenvalue weighted by Gasteiger charge is -2.07. The zero-order valence-electron chi connectivity index (χ0n) is 9.27. The normalized spacial score (nSPS) is 10.3. The highest BCUT2D eigenvalue weighted by Crippen LogP contribution is 2.34. The van der Waals surface area contributed by atoms with Gasteiger partial charge in [0.1, 0.15) is 11.6 Å². The lowest BCUT2D eigenvalue weighted by molar-refractivity contribution is -0.388. The minimum Gasteiger partial charge on any atom is -0.450 e. The van der Waals surface area contributed by atoms with Gasteiger partial charge in [-0.3, -0.25) is 10.1 Å². The largest absolute Gasteiger partial charge is 0.450 e. The number of rotatable bonds is 3. The summed E-state index contributed by atoms with van der Waals surface area (Å²) in [5.41, 5.74) is -0.889. The summed E-state index contributed by atoms with van der Waals surface area (Å²) in [7, 11) is 0. The summed E-state index contributed by atoms with van der Waals surface area (Å²) in [5.74, 6) is -2.42. The molecule has 0 bridgehead atoms. The van der Waals surface area contributed by atoms with E-state index in [-0.39, 0.29) is 5.75 Å². The van der Waals surface area contributed by atoms with Crippen LogP contribution in [0.25, 0.3) is 0 Å². The molecule has 7 heteroatoms. The van der Waals surface area contributed by atoms with Gasteiger partial charge in [-0.1, -0.05) is 0 Å². The fourth-order valence-electron chi connectivity index (χ4n) is 1.43. The minimum atomic E-state index is -1.27. The molecule has 19 heavy (non-hydrogen) atoms. The fraction of sp³-hybridized carbons (Fsp3) is 0. The molecule has 0 unspecified atom stereocenters. The Kier molecular flexibility index (Phi) is 3.93. The van der Waals surface area contributed by atoms with E-state index >= 15 is 0 Å². The predicted molar refractivity (Wildman–Crippen MR) is 72.2 cm³/mol. The van der Waals surface area contributed by atoms with Gasteiger partial charge in [-0.25, -0.2) is 4.39 Å². The van der Waals surface area contributed by atoms with Crippen LogP contribution in [0.5, 0.6) is 11.5 Å². The Morgan fingerprint density at radius 2 is 1.79 bits per heavy atom. The van der Waals surface area contributed by atoms with Crippen LogP contribution in [0, 0.1) is 25.3 Å². The van der Waals surface area contributed by atoms with Gasteiger partial charge in [-0.05, 0) is 46.9 Å². The summed E-state index contributed by atoms with van der Waals surface area (Å²) in [5, 5.41) is 10.8. The molecule has 0 aromatic heterocycles. The molecule has 0 saturated heterocycles. The molecule has 0 fully saturated rings. The van der Waals surface area contributed by atoms with Crippen LogP contribution in [0.2, 0.25) is 0 Å². The number of nitrogens with zero attached hydrogens (tertiary/aromatic N) is 1. The molecule has 0 radical (unpaired) electrons. The third kappa shape index (κ3) is 3.16. The summed E-state index contributed by atoms with van der Waals surface area (Å²) in [6, 6.07) is 7.73. The van der Waals surface area contributed by atoms with Gasteiger partial charge in [0.15, 0.2) is 0 Å². The maximum Gasteiger partial charge on any atom is 0.347 e. The topological polar surface area (TPSA) is 52.4 Å². The SMILES string of the molecule is O=[N+]([O-])c1c(F)cc(F)cc1Oc1ccc(I)cc1. The van der Waals surface area contributed by atoms with Gasteiger partial charge < -0.3 is 4.74 Å². The lowest BCUT2D eigenvalue weighted by Crippen LogP contribution is -1.98. The fourth-order valence-corrected chi connectivity index (χ4v) is 1.79. The first-order valence-corrected chi connectivity index (χ1v) is 6.12. The van der Waals surface area contributed by atoms with E-state index in [2.05, 4.69) is 22.6 Å². The van der Waals surface area contributed by atoms with E-state index in [1.54, 1.807) is 24.3 Å². The highest BCUT2D eigenvalue weighted by Gasteiger charge is 2.23. The molecule has 0 atom stereocenters. The van der Waals surface area contributed by atoms with Crippen LogP contribution in [-0.4, -0.2) is 4.92 Å². The highest BCUT2D eigenvalue weighted by molar-refractivity contribution is 14.1. The number of benzene rings is 2. The molecule has 0 aliphatic rings. The van der Waals surface area contributed by atoms with E-state index in [0.717, 1.165) is 9.64 Å². The molecule has 0 aliphatic heterocycles. The van der Waals surface area contributed by atoms with Gasteiger partial charge in [0.2, 0.25) is 11.6 Å². The van der Waals surface area contributed by atoms with Gasteiger partial charge in [0, 0.05) is 15.7 Å². The van der Waals surface area contributed by atoms with Crippen molar-refractivity contribution in [3.05, 3.63) is 61.7 Å². The summed E-state index contributed by atoms with van der Waals surface area (Å²) < 4.78 is 32.6. The van der Waals surface area contributed by atoms with Crippen molar-refractivity contribution in [2.75, 3.05) is 0 Å². The molecule has 2 aromatic carbocycles. The molecule has 4 nitrogen and oxygen atoms in total. The third-order valence-electron chi connectivity index (χ3n) is 2.22. The molecular formula is C12H6F2INO3. The monoisotopic (exact) mass is 377 g/mol. The van der Waals surface area contributed by atoms with Crippen molar-refractivity contribution in [2.24, 2.45) is 0 Å². The molecule has 0 heterocycles. The molecule has 0 spiro atoms. The van der Waals surface area contributed by atoms with Crippen LogP contribution >= 0.6 is 22.6 Å². The van der Waals surface area contributed by atoms with E-state index < -0.39 is 28.0 Å². The van der Waals surface area contributed by atoms with Crippen LogP contribution in [0.1, 0.15) is 0 Å². The van der Waals surface area contributed by atoms with Crippen molar-refractivity contribution in [3.8, 4) is 11.5 Å². The number of nitro groups is 1. The second-order valence-corrected chi connectivity index (χ2v) is 4.79. The first-order valence-electron chi connectivity index (χ1n) is 5.04. The maximum atomic E-state index is 13.4. The molecule has 0 N–H and O–H groups in total. The zero-order chi connectivity index (χ0) is 14.0. The average Bonchev–Trinajstić information content (AvgIpc) is 2.30. The third-order valence-corrected chi connectivity index (χ3v) is 2.94. The Hall–Kier alpha value is -1.77. The first kappa shape index (κ1) is 13.7. The van der Waals surface area contributed by atoms with Gasteiger partial charge in [0.05, 0.1) is 4.92 Å². The van der Waals surface area contributed by atoms with E-state index in [1.165, 1.54) is 0 Å². The van der Waals surface area contributed by atoms with Crippen molar-refractivity contribution < 1.29 is 18.4 Å². The standard InChI is InChI=1S/C12H6F2INO3/c13-7-5-10(14)12(16(17)18)11(6-7)19-9-3-1-8(15)2-4-9/h1-6H. The number of ether oxygens (including phenoxy) is 1. The second-order valence-electron chi connectivity index (χ2n) is 3.55. The molecule has 0 saturated carbocycles. The van der Waals surface area contributed by atoms with Gasteiger partial charge in [0.25, 0.3) is 0 Å². The number of halogens is 3.